The van der Waals surface area contributed by atoms with Gasteiger partial charge in [0, 0.05) is 19.2 Å². The van der Waals surface area contributed by atoms with E-state index >= 15 is 0 Å². The number of benzene rings is 1. The lowest BCUT2D eigenvalue weighted by Gasteiger charge is -2.28. The van der Waals surface area contributed by atoms with Gasteiger partial charge in [-0.05, 0) is 31.0 Å². The molecule has 0 aliphatic heterocycles. The molecular formula is C16H24Cl2N4O2S. The molecule has 0 fully saturated rings. The maximum Gasteiger partial charge on any atom is 0.231 e. The van der Waals surface area contributed by atoms with E-state index in [-0.39, 0.29) is 36.6 Å². The number of fused-ring (bicyclic) bond motifs is 1. The lowest BCUT2D eigenvalue weighted by Crippen LogP contribution is -2.41. The van der Waals surface area contributed by atoms with E-state index in [4.69, 9.17) is 5.73 Å². The van der Waals surface area contributed by atoms with Gasteiger partial charge in [-0.3, -0.25) is 9.59 Å². The van der Waals surface area contributed by atoms with Crippen LogP contribution in [0, 0.1) is 5.41 Å². The lowest BCUT2D eigenvalue weighted by atomic mass is 9.81. The van der Waals surface area contributed by atoms with Crippen molar-refractivity contribution in [3.63, 3.8) is 0 Å². The van der Waals surface area contributed by atoms with E-state index in [2.05, 4.69) is 15.6 Å². The van der Waals surface area contributed by atoms with Gasteiger partial charge in [-0.15, -0.1) is 24.8 Å². The fourth-order valence-electron chi connectivity index (χ4n) is 2.42. The van der Waals surface area contributed by atoms with Gasteiger partial charge in [-0.25, -0.2) is 4.98 Å². The molecule has 0 radical (unpaired) electrons. The van der Waals surface area contributed by atoms with Gasteiger partial charge in [0.15, 0.2) is 5.13 Å². The molecule has 1 aromatic carbocycles. The minimum atomic E-state index is -0.538. The first-order chi connectivity index (χ1) is 10.9. The SMILES string of the molecule is CCC(CC)(CN)C(=O)Nc1ccc2nc(NC(C)=O)sc2c1.Cl.Cl. The van der Waals surface area contributed by atoms with Gasteiger partial charge < -0.3 is 16.4 Å². The molecule has 140 valence electrons. The van der Waals surface area contributed by atoms with Crippen LogP contribution in [0.5, 0.6) is 0 Å². The highest BCUT2D eigenvalue weighted by Gasteiger charge is 2.33. The average molecular weight is 407 g/mol. The van der Waals surface area contributed by atoms with Crippen molar-refractivity contribution in [1.29, 1.82) is 0 Å². The van der Waals surface area contributed by atoms with Gasteiger partial charge in [0.05, 0.1) is 15.6 Å². The second-order valence-electron chi connectivity index (χ2n) is 5.53. The molecule has 4 N–H and O–H groups in total. The first kappa shape index (κ1) is 23.6. The summed E-state index contributed by atoms with van der Waals surface area (Å²) in [6, 6.07) is 5.50. The third kappa shape index (κ3) is 5.28. The number of amides is 2. The molecule has 2 rings (SSSR count). The minimum Gasteiger partial charge on any atom is -0.329 e. The van der Waals surface area contributed by atoms with Crippen molar-refractivity contribution in [3.8, 4) is 0 Å². The standard InChI is InChI=1S/C16H22N4O2S.2ClH/c1-4-16(5-2,9-17)14(22)19-11-6-7-12-13(8-11)23-15(20-12)18-10(3)21;;/h6-8H,4-5,9,17H2,1-3H3,(H,19,22)(H,18,20,21);2*1H. The Kier molecular flexibility index (Phi) is 9.35. The summed E-state index contributed by atoms with van der Waals surface area (Å²) < 4.78 is 0.901. The Balaban J connectivity index is 0.00000288. The molecule has 0 aliphatic carbocycles. The van der Waals surface area contributed by atoms with Gasteiger partial charge in [0.25, 0.3) is 0 Å². The Labute approximate surface area is 163 Å². The van der Waals surface area contributed by atoms with Crippen molar-refractivity contribution in [2.75, 3.05) is 17.2 Å². The van der Waals surface area contributed by atoms with Crippen LogP contribution in [0.3, 0.4) is 0 Å². The second kappa shape index (κ2) is 9.91. The van der Waals surface area contributed by atoms with Crippen molar-refractivity contribution in [2.45, 2.75) is 33.6 Å². The van der Waals surface area contributed by atoms with E-state index in [1.807, 2.05) is 32.0 Å². The van der Waals surface area contributed by atoms with Crippen molar-refractivity contribution < 1.29 is 9.59 Å². The maximum atomic E-state index is 12.6. The van der Waals surface area contributed by atoms with Crippen LogP contribution < -0.4 is 16.4 Å². The van der Waals surface area contributed by atoms with Crippen LogP contribution >= 0.6 is 36.2 Å². The quantitative estimate of drug-likeness (QED) is 0.679. The van der Waals surface area contributed by atoms with E-state index in [1.165, 1.54) is 18.3 Å². The van der Waals surface area contributed by atoms with Crippen molar-refractivity contribution in [3.05, 3.63) is 18.2 Å². The average Bonchev–Trinajstić information content (AvgIpc) is 2.90. The predicted octanol–water partition coefficient (Wildman–Crippen LogP) is 3.80. The van der Waals surface area contributed by atoms with Gasteiger partial charge >= 0.3 is 0 Å². The second-order valence-corrected chi connectivity index (χ2v) is 6.56. The molecule has 1 aromatic heterocycles. The molecular weight excluding hydrogens is 383 g/mol. The largest absolute Gasteiger partial charge is 0.329 e. The number of hydrogen-bond acceptors (Lipinski definition) is 5. The number of hydrogen-bond donors (Lipinski definition) is 3. The molecule has 0 unspecified atom stereocenters. The van der Waals surface area contributed by atoms with Gasteiger partial charge in [-0.1, -0.05) is 25.2 Å². The van der Waals surface area contributed by atoms with E-state index in [1.54, 1.807) is 0 Å². The van der Waals surface area contributed by atoms with Gasteiger partial charge in [-0.2, -0.15) is 0 Å². The fourth-order valence-corrected chi connectivity index (χ4v) is 3.37. The van der Waals surface area contributed by atoms with E-state index < -0.39 is 5.41 Å². The Morgan fingerprint density at radius 3 is 2.36 bits per heavy atom. The maximum absolute atomic E-state index is 12.6. The highest BCUT2D eigenvalue weighted by molar-refractivity contribution is 7.22. The molecule has 9 heteroatoms. The zero-order chi connectivity index (χ0) is 17.0. The number of nitrogens with two attached hydrogens (primary N) is 1. The number of nitrogens with zero attached hydrogens (tertiary/aromatic N) is 1. The molecule has 0 saturated carbocycles. The van der Waals surface area contributed by atoms with E-state index in [0.717, 1.165) is 10.2 Å². The Bertz CT molecular complexity index is 724. The van der Waals surface area contributed by atoms with Crippen LogP contribution in [-0.2, 0) is 9.59 Å². The van der Waals surface area contributed by atoms with Crippen LogP contribution in [0.15, 0.2) is 18.2 Å². The van der Waals surface area contributed by atoms with Crippen LogP contribution in [-0.4, -0.2) is 23.3 Å². The van der Waals surface area contributed by atoms with Crippen molar-refractivity contribution in [2.24, 2.45) is 11.1 Å². The topological polar surface area (TPSA) is 97.1 Å². The molecule has 0 saturated heterocycles. The number of carbonyl (C=O) groups is 2. The van der Waals surface area contributed by atoms with Crippen LogP contribution in [0.1, 0.15) is 33.6 Å². The summed E-state index contributed by atoms with van der Waals surface area (Å²) in [4.78, 5) is 28.0. The van der Waals surface area contributed by atoms with E-state index in [0.29, 0.717) is 30.2 Å². The van der Waals surface area contributed by atoms with Crippen molar-refractivity contribution >= 4 is 69.0 Å². The molecule has 0 bridgehead atoms. The molecule has 2 amide bonds. The fraction of sp³-hybridized carbons (Fsp3) is 0.438. The molecule has 0 aliphatic rings. The first-order valence-electron chi connectivity index (χ1n) is 7.63. The van der Waals surface area contributed by atoms with Gasteiger partial charge in [0.2, 0.25) is 11.8 Å². The molecule has 0 spiro atoms. The lowest BCUT2D eigenvalue weighted by molar-refractivity contribution is -0.125. The van der Waals surface area contributed by atoms with Crippen LogP contribution in [0.25, 0.3) is 10.2 Å². The summed E-state index contributed by atoms with van der Waals surface area (Å²) >= 11 is 1.37. The normalized spacial score (nSPS) is 10.6. The summed E-state index contributed by atoms with van der Waals surface area (Å²) in [6.07, 6.45) is 1.39. The summed E-state index contributed by atoms with van der Waals surface area (Å²) in [5, 5.41) is 6.17. The molecule has 0 atom stereocenters. The molecule has 2 aromatic rings. The number of anilines is 2. The number of aromatic nitrogens is 1. The zero-order valence-corrected chi connectivity index (χ0v) is 16.9. The summed E-state index contributed by atoms with van der Waals surface area (Å²) in [6.45, 7) is 5.71. The van der Waals surface area contributed by atoms with Crippen molar-refractivity contribution in [1.82, 2.24) is 4.98 Å². The summed E-state index contributed by atoms with van der Waals surface area (Å²) in [5.74, 6) is -0.216. The summed E-state index contributed by atoms with van der Waals surface area (Å²) in [5.41, 5.74) is 6.77. The van der Waals surface area contributed by atoms with E-state index in [9.17, 15) is 9.59 Å². The Morgan fingerprint density at radius 1 is 1.20 bits per heavy atom. The Hall–Kier alpha value is -1.41. The molecule has 1 heterocycles. The number of rotatable bonds is 6. The van der Waals surface area contributed by atoms with Crippen LogP contribution in [0.4, 0.5) is 10.8 Å². The highest BCUT2D eigenvalue weighted by atomic mass is 35.5. The minimum absolute atomic E-state index is 0. The molecule has 25 heavy (non-hydrogen) atoms. The predicted molar refractivity (Wildman–Crippen MR) is 109 cm³/mol. The van der Waals surface area contributed by atoms with Gasteiger partial charge in [0.1, 0.15) is 0 Å². The summed E-state index contributed by atoms with van der Waals surface area (Å²) in [7, 11) is 0. The smallest absolute Gasteiger partial charge is 0.231 e. The third-order valence-corrected chi connectivity index (χ3v) is 5.09. The number of thiazole rings is 1. The number of carbonyl (C=O) groups excluding carboxylic acids is 2. The third-order valence-electron chi connectivity index (χ3n) is 4.16. The highest BCUT2D eigenvalue weighted by Crippen LogP contribution is 2.30. The number of halogens is 2. The van der Waals surface area contributed by atoms with Crippen LogP contribution in [0.2, 0.25) is 0 Å². The zero-order valence-electron chi connectivity index (χ0n) is 14.4. The monoisotopic (exact) mass is 406 g/mol. The molecule has 6 nitrogen and oxygen atoms in total. The first-order valence-corrected chi connectivity index (χ1v) is 8.45. The number of nitrogens with one attached hydrogen (secondary N) is 2. The Morgan fingerprint density at radius 2 is 1.84 bits per heavy atom.